The molecule has 17 heavy (non-hydrogen) atoms. The van der Waals surface area contributed by atoms with Gasteiger partial charge in [-0.3, -0.25) is 0 Å². The molecule has 0 aliphatic carbocycles. The summed E-state index contributed by atoms with van der Waals surface area (Å²) in [4.78, 5) is 0. The summed E-state index contributed by atoms with van der Waals surface area (Å²) in [5, 5.41) is 2.17. The average Bonchev–Trinajstić information content (AvgIpc) is 2.39. The Kier molecular flexibility index (Phi) is 3.24. The molecule has 2 aromatic carbocycles. The Bertz CT molecular complexity index is 519. The fourth-order valence-corrected chi connectivity index (χ4v) is 4.87. The van der Waals surface area contributed by atoms with E-state index in [0.717, 1.165) is 5.02 Å². The molecule has 1 unspecified atom stereocenters. The van der Waals surface area contributed by atoms with Crippen molar-refractivity contribution >= 4 is 31.0 Å². The molecule has 3 rings (SSSR count). The van der Waals surface area contributed by atoms with Crippen molar-refractivity contribution in [3.8, 4) is 0 Å². The molecule has 86 valence electrons. The Morgan fingerprint density at radius 1 is 1.00 bits per heavy atom. The minimum absolute atomic E-state index is 0.569. The van der Waals surface area contributed by atoms with E-state index >= 15 is 0 Å². The predicted molar refractivity (Wildman–Crippen MR) is 74.5 cm³/mol. The molecule has 0 saturated carbocycles. The van der Waals surface area contributed by atoms with Crippen LogP contribution in [0.25, 0.3) is 0 Å². The van der Waals surface area contributed by atoms with Gasteiger partial charge in [0, 0.05) is 0 Å². The fourth-order valence-electron chi connectivity index (χ4n) is 2.38. The van der Waals surface area contributed by atoms with E-state index in [1.54, 1.807) is 4.46 Å². The third-order valence-electron chi connectivity index (χ3n) is 3.23. The van der Waals surface area contributed by atoms with Gasteiger partial charge < -0.3 is 0 Å². The topological polar surface area (TPSA) is 0 Å². The Morgan fingerprint density at radius 3 is 2.59 bits per heavy atom. The number of fused-ring (bicyclic) bond motifs is 1. The van der Waals surface area contributed by atoms with E-state index in [1.165, 1.54) is 22.9 Å². The molecular formula is C15H13ClSe. The molecule has 0 spiro atoms. The summed E-state index contributed by atoms with van der Waals surface area (Å²) >= 11 is 6.62. The summed E-state index contributed by atoms with van der Waals surface area (Å²) in [6.07, 6.45) is 1.28. The zero-order valence-electron chi connectivity index (χ0n) is 9.40. The predicted octanol–water partition coefficient (Wildman–Crippen LogP) is 3.62. The fraction of sp³-hybridized carbons (Fsp3) is 0.200. The van der Waals surface area contributed by atoms with Crippen LogP contribution in [0.3, 0.4) is 0 Å². The standard InChI is InChI=1S/C15H13ClSe/c16-12-7-5-11(6-8-12)13-9-10-17-15-4-2-1-3-14(13)15/h1-8,13H,9-10H2. The van der Waals surface area contributed by atoms with Crippen molar-refractivity contribution < 1.29 is 0 Å². The third-order valence-corrected chi connectivity index (χ3v) is 5.84. The summed E-state index contributed by atoms with van der Waals surface area (Å²) in [5.74, 6) is 0.569. The molecular weight excluding hydrogens is 295 g/mol. The van der Waals surface area contributed by atoms with Crippen LogP contribution in [-0.4, -0.2) is 15.0 Å². The van der Waals surface area contributed by atoms with Gasteiger partial charge in [0.15, 0.2) is 0 Å². The Hall–Kier alpha value is -0.751. The van der Waals surface area contributed by atoms with E-state index < -0.39 is 0 Å². The van der Waals surface area contributed by atoms with Crippen molar-refractivity contribution in [2.45, 2.75) is 17.7 Å². The summed E-state index contributed by atoms with van der Waals surface area (Å²) in [7, 11) is 0. The zero-order valence-corrected chi connectivity index (χ0v) is 11.9. The molecule has 0 bridgehead atoms. The van der Waals surface area contributed by atoms with Gasteiger partial charge in [-0.15, -0.1) is 0 Å². The molecule has 1 atom stereocenters. The van der Waals surface area contributed by atoms with E-state index in [2.05, 4.69) is 36.4 Å². The van der Waals surface area contributed by atoms with Crippen molar-refractivity contribution in [2.75, 3.05) is 0 Å². The number of rotatable bonds is 1. The maximum atomic E-state index is 5.95. The van der Waals surface area contributed by atoms with Crippen LogP contribution in [-0.2, 0) is 0 Å². The van der Waals surface area contributed by atoms with Gasteiger partial charge in [0.1, 0.15) is 0 Å². The minimum atomic E-state index is 0.569. The van der Waals surface area contributed by atoms with E-state index in [-0.39, 0.29) is 0 Å². The van der Waals surface area contributed by atoms with Crippen molar-refractivity contribution in [1.29, 1.82) is 0 Å². The van der Waals surface area contributed by atoms with Crippen molar-refractivity contribution in [3.05, 3.63) is 64.7 Å². The second-order valence-corrected chi connectivity index (χ2v) is 7.10. The first-order valence-corrected chi connectivity index (χ1v) is 8.26. The number of halogens is 1. The number of hydrogen-bond donors (Lipinski definition) is 0. The van der Waals surface area contributed by atoms with E-state index in [0.29, 0.717) is 20.9 Å². The summed E-state index contributed by atoms with van der Waals surface area (Å²) in [5.41, 5.74) is 2.93. The second-order valence-electron chi connectivity index (χ2n) is 4.28. The van der Waals surface area contributed by atoms with E-state index in [4.69, 9.17) is 11.6 Å². The van der Waals surface area contributed by atoms with Crippen LogP contribution >= 0.6 is 11.6 Å². The van der Waals surface area contributed by atoms with Gasteiger partial charge in [-0.1, -0.05) is 0 Å². The van der Waals surface area contributed by atoms with Crippen molar-refractivity contribution in [1.82, 2.24) is 0 Å². The Labute approximate surface area is 113 Å². The van der Waals surface area contributed by atoms with Crippen LogP contribution in [0.1, 0.15) is 23.5 Å². The third kappa shape index (κ3) is 2.28. The van der Waals surface area contributed by atoms with Crippen LogP contribution in [0, 0.1) is 0 Å². The molecule has 1 aliphatic heterocycles. The van der Waals surface area contributed by atoms with Gasteiger partial charge in [-0.05, 0) is 0 Å². The normalized spacial score (nSPS) is 18.8. The monoisotopic (exact) mass is 308 g/mol. The first-order chi connectivity index (χ1) is 8.34. The van der Waals surface area contributed by atoms with Crippen molar-refractivity contribution in [3.63, 3.8) is 0 Å². The first kappa shape index (κ1) is 11.3. The van der Waals surface area contributed by atoms with Crippen LogP contribution in [0.2, 0.25) is 10.3 Å². The number of hydrogen-bond acceptors (Lipinski definition) is 0. The molecule has 2 heteroatoms. The van der Waals surface area contributed by atoms with Gasteiger partial charge in [0.2, 0.25) is 0 Å². The molecule has 0 fully saturated rings. The van der Waals surface area contributed by atoms with Gasteiger partial charge in [0.05, 0.1) is 0 Å². The van der Waals surface area contributed by atoms with Crippen LogP contribution in [0.4, 0.5) is 0 Å². The summed E-state index contributed by atoms with van der Waals surface area (Å²) < 4.78 is 1.58. The molecule has 1 aliphatic rings. The van der Waals surface area contributed by atoms with Crippen molar-refractivity contribution in [2.24, 2.45) is 0 Å². The molecule has 0 N–H and O–H groups in total. The van der Waals surface area contributed by atoms with Crippen LogP contribution in [0.15, 0.2) is 48.5 Å². The SMILES string of the molecule is Clc1ccc(C2CC[Se]c3ccccc32)cc1. The Morgan fingerprint density at radius 2 is 1.76 bits per heavy atom. The summed E-state index contributed by atoms with van der Waals surface area (Å²) in [6.45, 7) is 0. The van der Waals surface area contributed by atoms with Crippen LogP contribution < -0.4 is 4.46 Å². The van der Waals surface area contributed by atoms with Crippen LogP contribution in [0.5, 0.6) is 0 Å². The Balaban J connectivity index is 2.03. The molecule has 0 aromatic heterocycles. The molecule has 2 aromatic rings. The molecule has 0 saturated heterocycles. The number of benzene rings is 2. The quantitative estimate of drug-likeness (QED) is 0.706. The van der Waals surface area contributed by atoms with E-state index in [9.17, 15) is 0 Å². The molecule has 0 radical (unpaired) electrons. The molecule has 0 amide bonds. The van der Waals surface area contributed by atoms with Gasteiger partial charge >= 0.3 is 113 Å². The molecule has 1 heterocycles. The van der Waals surface area contributed by atoms with Gasteiger partial charge in [-0.2, -0.15) is 0 Å². The van der Waals surface area contributed by atoms with E-state index in [1.807, 2.05) is 12.1 Å². The van der Waals surface area contributed by atoms with Gasteiger partial charge in [0.25, 0.3) is 0 Å². The first-order valence-electron chi connectivity index (χ1n) is 5.82. The average molecular weight is 308 g/mol. The second kappa shape index (κ2) is 4.86. The van der Waals surface area contributed by atoms with Gasteiger partial charge in [-0.25, -0.2) is 0 Å². The zero-order chi connectivity index (χ0) is 11.7. The summed E-state index contributed by atoms with van der Waals surface area (Å²) in [6, 6.07) is 17.2. The molecule has 0 nitrogen and oxygen atoms in total. The maximum absolute atomic E-state index is 5.95.